The minimum atomic E-state index is 0.211. The fourth-order valence-electron chi connectivity index (χ4n) is 1.51. The van der Waals surface area contributed by atoms with Crippen LogP contribution in [-0.2, 0) is 0 Å². The van der Waals surface area contributed by atoms with Gasteiger partial charge in [0.05, 0.1) is 5.56 Å². The lowest BCUT2D eigenvalue weighted by Gasteiger charge is -2.05. The van der Waals surface area contributed by atoms with Crippen molar-refractivity contribution >= 4 is 12.1 Å². The summed E-state index contributed by atoms with van der Waals surface area (Å²) < 4.78 is 0. The number of nitrogen functional groups attached to an aromatic ring is 1. The molecule has 0 radical (unpaired) electrons. The third-order valence-electron chi connectivity index (χ3n) is 2.74. The Morgan fingerprint density at radius 3 is 2.59 bits per heavy atom. The third kappa shape index (κ3) is 2.15. The standard InChI is InChI=1S/C13H13N3O/c1-8-3-4-10(5-9(8)2)13-15-6-11(7-17)12(14)16-13/h3-7H,1-2H3,(H2,14,15,16). The van der Waals surface area contributed by atoms with Gasteiger partial charge in [-0.3, -0.25) is 4.79 Å². The number of nitrogens with zero attached hydrogens (tertiary/aromatic N) is 2. The van der Waals surface area contributed by atoms with E-state index in [0.29, 0.717) is 17.7 Å². The second-order valence-electron chi connectivity index (χ2n) is 3.95. The van der Waals surface area contributed by atoms with Gasteiger partial charge in [-0.25, -0.2) is 9.97 Å². The van der Waals surface area contributed by atoms with E-state index in [1.165, 1.54) is 17.3 Å². The number of hydrogen-bond acceptors (Lipinski definition) is 4. The molecule has 2 N–H and O–H groups in total. The molecule has 0 amide bonds. The van der Waals surface area contributed by atoms with Gasteiger partial charge in [0.15, 0.2) is 12.1 Å². The van der Waals surface area contributed by atoms with Gasteiger partial charge in [-0.2, -0.15) is 0 Å². The first-order chi connectivity index (χ1) is 8.11. The van der Waals surface area contributed by atoms with E-state index in [4.69, 9.17) is 5.73 Å². The molecular weight excluding hydrogens is 214 g/mol. The monoisotopic (exact) mass is 227 g/mol. The predicted molar refractivity (Wildman–Crippen MR) is 66.7 cm³/mol. The Labute approximate surface area is 99.5 Å². The summed E-state index contributed by atoms with van der Waals surface area (Å²) in [7, 11) is 0. The SMILES string of the molecule is Cc1ccc(-c2ncc(C=O)c(N)n2)cc1C. The van der Waals surface area contributed by atoms with Crippen LogP contribution in [0.25, 0.3) is 11.4 Å². The van der Waals surface area contributed by atoms with Crippen molar-refractivity contribution < 1.29 is 4.79 Å². The minimum absolute atomic E-state index is 0.211. The molecule has 17 heavy (non-hydrogen) atoms. The number of anilines is 1. The van der Waals surface area contributed by atoms with E-state index in [0.717, 1.165) is 5.56 Å². The predicted octanol–water partition coefficient (Wildman–Crippen LogP) is 2.16. The number of benzene rings is 1. The number of carbonyl (C=O) groups excluding carboxylic acids is 1. The third-order valence-corrected chi connectivity index (χ3v) is 2.74. The van der Waals surface area contributed by atoms with Crippen molar-refractivity contribution in [2.24, 2.45) is 0 Å². The molecule has 1 aromatic heterocycles. The molecule has 0 saturated heterocycles. The zero-order valence-electron chi connectivity index (χ0n) is 9.77. The molecule has 0 aliphatic rings. The van der Waals surface area contributed by atoms with Crippen LogP contribution in [0.15, 0.2) is 24.4 Å². The van der Waals surface area contributed by atoms with Gasteiger partial charge in [-0.1, -0.05) is 12.1 Å². The highest BCUT2D eigenvalue weighted by molar-refractivity contribution is 5.81. The molecule has 2 rings (SSSR count). The van der Waals surface area contributed by atoms with Gasteiger partial charge in [0, 0.05) is 11.8 Å². The molecule has 0 fully saturated rings. The summed E-state index contributed by atoms with van der Waals surface area (Å²) in [4.78, 5) is 18.9. The number of hydrogen-bond donors (Lipinski definition) is 1. The summed E-state index contributed by atoms with van der Waals surface area (Å²) in [5, 5.41) is 0. The zero-order valence-corrected chi connectivity index (χ0v) is 9.77. The second kappa shape index (κ2) is 4.33. The topological polar surface area (TPSA) is 68.9 Å². The van der Waals surface area contributed by atoms with Crippen molar-refractivity contribution in [2.75, 3.05) is 5.73 Å². The van der Waals surface area contributed by atoms with E-state index in [9.17, 15) is 4.79 Å². The first-order valence-corrected chi connectivity index (χ1v) is 5.27. The average molecular weight is 227 g/mol. The first-order valence-electron chi connectivity index (χ1n) is 5.27. The van der Waals surface area contributed by atoms with Gasteiger partial charge in [-0.05, 0) is 31.0 Å². The van der Waals surface area contributed by atoms with Crippen LogP contribution in [0.3, 0.4) is 0 Å². The molecule has 0 saturated carbocycles. The molecule has 4 heteroatoms. The molecule has 4 nitrogen and oxygen atoms in total. The summed E-state index contributed by atoms with van der Waals surface area (Å²) in [6.45, 7) is 4.08. The lowest BCUT2D eigenvalue weighted by Crippen LogP contribution is -2.00. The first kappa shape index (κ1) is 11.3. The largest absolute Gasteiger partial charge is 0.383 e. The molecule has 0 atom stereocenters. The van der Waals surface area contributed by atoms with Gasteiger partial charge in [-0.15, -0.1) is 0 Å². The van der Waals surface area contributed by atoms with Crippen molar-refractivity contribution in [1.82, 2.24) is 9.97 Å². The Morgan fingerprint density at radius 2 is 2.00 bits per heavy atom. The van der Waals surface area contributed by atoms with Crippen LogP contribution >= 0.6 is 0 Å². The van der Waals surface area contributed by atoms with E-state index in [-0.39, 0.29) is 5.82 Å². The molecule has 0 aliphatic heterocycles. The van der Waals surface area contributed by atoms with E-state index in [1.807, 2.05) is 32.0 Å². The number of carbonyl (C=O) groups is 1. The fraction of sp³-hybridized carbons (Fsp3) is 0.154. The Balaban J connectivity index is 2.49. The molecule has 0 spiro atoms. The Bertz CT molecular complexity index is 579. The normalized spacial score (nSPS) is 10.2. The van der Waals surface area contributed by atoms with E-state index < -0.39 is 0 Å². The van der Waals surface area contributed by atoms with Gasteiger partial charge >= 0.3 is 0 Å². The zero-order chi connectivity index (χ0) is 12.4. The highest BCUT2D eigenvalue weighted by Gasteiger charge is 2.06. The summed E-state index contributed by atoms with van der Waals surface area (Å²) in [6.07, 6.45) is 2.10. The molecule has 1 heterocycles. The van der Waals surface area contributed by atoms with Crippen LogP contribution in [0.1, 0.15) is 21.5 Å². The van der Waals surface area contributed by atoms with E-state index >= 15 is 0 Å². The summed E-state index contributed by atoms with van der Waals surface area (Å²) in [5.74, 6) is 0.749. The maximum absolute atomic E-state index is 10.6. The van der Waals surface area contributed by atoms with Crippen LogP contribution in [0.4, 0.5) is 5.82 Å². The Hall–Kier alpha value is -2.23. The van der Waals surface area contributed by atoms with Crippen LogP contribution in [0.5, 0.6) is 0 Å². The van der Waals surface area contributed by atoms with Crippen LogP contribution in [0, 0.1) is 13.8 Å². The van der Waals surface area contributed by atoms with Crippen molar-refractivity contribution in [3.8, 4) is 11.4 Å². The summed E-state index contributed by atoms with van der Waals surface area (Å²) >= 11 is 0. The number of aromatic nitrogens is 2. The average Bonchev–Trinajstić information content (AvgIpc) is 2.32. The van der Waals surface area contributed by atoms with Crippen molar-refractivity contribution in [1.29, 1.82) is 0 Å². The maximum atomic E-state index is 10.6. The Kier molecular flexibility index (Phi) is 2.87. The number of rotatable bonds is 2. The molecule has 1 aromatic carbocycles. The maximum Gasteiger partial charge on any atom is 0.161 e. The molecule has 2 aromatic rings. The van der Waals surface area contributed by atoms with Crippen molar-refractivity contribution in [3.63, 3.8) is 0 Å². The smallest absolute Gasteiger partial charge is 0.161 e. The van der Waals surface area contributed by atoms with Crippen molar-refractivity contribution in [2.45, 2.75) is 13.8 Å². The highest BCUT2D eigenvalue weighted by Crippen LogP contribution is 2.19. The van der Waals surface area contributed by atoms with Crippen molar-refractivity contribution in [3.05, 3.63) is 41.1 Å². The van der Waals surface area contributed by atoms with Crippen LogP contribution in [-0.4, -0.2) is 16.3 Å². The quantitative estimate of drug-likeness (QED) is 0.798. The highest BCUT2D eigenvalue weighted by atomic mass is 16.1. The van der Waals surface area contributed by atoms with Gasteiger partial charge in [0.25, 0.3) is 0 Å². The molecule has 0 aliphatic carbocycles. The van der Waals surface area contributed by atoms with Crippen LogP contribution in [0.2, 0.25) is 0 Å². The second-order valence-corrected chi connectivity index (χ2v) is 3.95. The minimum Gasteiger partial charge on any atom is -0.383 e. The lowest BCUT2D eigenvalue weighted by molar-refractivity contribution is 0.112. The summed E-state index contributed by atoms with van der Waals surface area (Å²) in [5.41, 5.74) is 9.26. The fourth-order valence-corrected chi connectivity index (χ4v) is 1.51. The van der Waals surface area contributed by atoms with Gasteiger partial charge in [0.1, 0.15) is 5.82 Å². The van der Waals surface area contributed by atoms with E-state index in [2.05, 4.69) is 9.97 Å². The lowest BCUT2D eigenvalue weighted by atomic mass is 10.1. The van der Waals surface area contributed by atoms with Gasteiger partial charge in [0.2, 0.25) is 0 Å². The molecule has 86 valence electrons. The Morgan fingerprint density at radius 1 is 1.24 bits per heavy atom. The molecular formula is C13H13N3O. The molecule has 0 unspecified atom stereocenters. The number of aryl methyl sites for hydroxylation is 2. The molecule has 0 bridgehead atoms. The van der Waals surface area contributed by atoms with Gasteiger partial charge < -0.3 is 5.73 Å². The number of nitrogens with two attached hydrogens (primary N) is 1. The van der Waals surface area contributed by atoms with Crippen LogP contribution < -0.4 is 5.73 Å². The summed E-state index contributed by atoms with van der Waals surface area (Å²) in [6, 6.07) is 5.96. The number of aldehydes is 1. The van der Waals surface area contributed by atoms with E-state index in [1.54, 1.807) is 0 Å².